The zero-order valence-electron chi connectivity index (χ0n) is 12.5. The van der Waals surface area contributed by atoms with E-state index in [-0.39, 0.29) is 13.2 Å². The molecule has 0 radical (unpaired) electrons. The van der Waals surface area contributed by atoms with Crippen LogP contribution >= 0.6 is 0 Å². The van der Waals surface area contributed by atoms with Crippen LogP contribution < -0.4 is 0 Å². The first kappa shape index (κ1) is 16.7. The Morgan fingerprint density at radius 2 is 1.32 bits per heavy atom. The minimum Gasteiger partial charge on any atom is -0.453 e. The second-order valence-electron chi connectivity index (χ2n) is 4.84. The van der Waals surface area contributed by atoms with Crippen molar-refractivity contribution in [1.29, 1.82) is 0 Å². The van der Waals surface area contributed by atoms with Gasteiger partial charge in [-0.05, 0) is 0 Å². The molecule has 0 N–H and O–H groups in total. The van der Waals surface area contributed by atoms with Crippen molar-refractivity contribution >= 4 is 17.9 Å². The van der Waals surface area contributed by atoms with E-state index in [1.165, 1.54) is 20.8 Å². The summed E-state index contributed by atoms with van der Waals surface area (Å²) in [4.78, 5) is 33.6. The maximum absolute atomic E-state index is 11.3. The molecule has 124 valence electrons. The number of carbonyl (C=O) groups is 3. The molecule has 0 aromatic heterocycles. The topological polar surface area (TPSA) is 107 Å². The summed E-state index contributed by atoms with van der Waals surface area (Å²) in [6.45, 7) is 4.01. The standard InChI is InChI=1S/C13H18O9/c1-6(14)19-11-9-10(22-13(11)21-8(3)16)12(20-7(2)15)18-5-4-17-9/h9-13H,4-5H2,1-3H3/t9-,10-,11+,12?,13?/m0/s1. The summed E-state index contributed by atoms with van der Waals surface area (Å²) in [5.74, 6) is -1.75. The molecule has 22 heavy (non-hydrogen) atoms. The van der Waals surface area contributed by atoms with E-state index in [4.69, 9.17) is 28.4 Å². The molecule has 2 rings (SSSR count). The van der Waals surface area contributed by atoms with Crippen molar-refractivity contribution in [3.05, 3.63) is 0 Å². The van der Waals surface area contributed by atoms with Gasteiger partial charge in [-0.3, -0.25) is 14.4 Å². The van der Waals surface area contributed by atoms with Gasteiger partial charge in [0.2, 0.25) is 12.6 Å². The minimum absolute atomic E-state index is 0.180. The molecule has 2 heterocycles. The highest BCUT2D eigenvalue weighted by molar-refractivity contribution is 5.67. The van der Waals surface area contributed by atoms with Crippen molar-refractivity contribution in [1.82, 2.24) is 0 Å². The van der Waals surface area contributed by atoms with Crippen LogP contribution in [0.25, 0.3) is 0 Å². The summed E-state index contributed by atoms with van der Waals surface area (Å²) in [6, 6.07) is 0. The summed E-state index contributed by atoms with van der Waals surface area (Å²) in [7, 11) is 0. The zero-order chi connectivity index (χ0) is 16.3. The summed E-state index contributed by atoms with van der Waals surface area (Å²) < 4.78 is 31.6. The third kappa shape index (κ3) is 3.93. The van der Waals surface area contributed by atoms with Gasteiger partial charge in [-0.25, -0.2) is 0 Å². The van der Waals surface area contributed by atoms with Gasteiger partial charge in [0.25, 0.3) is 0 Å². The van der Waals surface area contributed by atoms with Crippen LogP contribution in [0.15, 0.2) is 0 Å². The van der Waals surface area contributed by atoms with Gasteiger partial charge in [-0.1, -0.05) is 0 Å². The average Bonchev–Trinajstić information content (AvgIpc) is 2.58. The van der Waals surface area contributed by atoms with Crippen molar-refractivity contribution in [3.8, 4) is 0 Å². The van der Waals surface area contributed by atoms with Crippen molar-refractivity contribution in [2.24, 2.45) is 0 Å². The Bertz CT molecular complexity index is 449. The summed E-state index contributed by atoms with van der Waals surface area (Å²) in [6.07, 6.45) is -4.81. The molecule has 0 amide bonds. The maximum Gasteiger partial charge on any atom is 0.305 e. The molecule has 2 fully saturated rings. The number of rotatable bonds is 3. The Morgan fingerprint density at radius 3 is 1.91 bits per heavy atom. The van der Waals surface area contributed by atoms with Crippen molar-refractivity contribution in [3.63, 3.8) is 0 Å². The van der Waals surface area contributed by atoms with Gasteiger partial charge in [-0.2, -0.15) is 0 Å². The molecule has 2 aliphatic rings. The van der Waals surface area contributed by atoms with Crippen molar-refractivity contribution in [2.75, 3.05) is 13.2 Å². The fourth-order valence-electron chi connectivity index (χ4n) is 2.34. The lowest BCUT2D eigenvalue weighted by Gasteiger charge is -2.23. The number of carbonyl (C=O) groups excluding carboxylic acids is 3. The molecule has 2 unspecified atom stereocenters. The van der Waals surface area contributed by atoms with Crippen LogP contribution in [0.5, 0.6) is 0 Å². The second kappa shape index (κ2) is 7.03. The Balaban J connectivity index is 2.20. The quantitative estimate of drug-likeness (QED) is 0.503. The van der Waals surface area contributed by atoms with Gasteiger partial charge in [0.15, 0.2) is 12.2 Å². The molecule has 0 bridgehead atoms. The molecule has 0 aliphatic carbocycles. The average molecular weight is 318 g/mol. The first-order valence-electron chi connectivity index (χ1n) is 6.79. The van der Waals surface area contributed by atoms with Gasteiger partial charge in [0.1, 0.15) is 6.10 Å². The number of ether oxygens (including phenoxy) is 6. The van der Waals surface area contributed by atoms with E-state index in [1.807, 2.05) is 0 Å². The first-order chi connectivity index (χ1) is 10.4. The Morgan fingerprint density at radius 1 is 0.773 bits per heavy atom. The van der Waals surface area contributed by atoms with E-state index in [9.17, 15) is 14.4 Å². The Hall–Kier alpha value is -1.71. The largest absolute Gasteiger partial charge is 0.453 e. The van der Waals surface area contributed by atoms with Gasteiger partial charge < -0.3 is 28.4 Å². The van der Waals surface area contributed by atoms with Gasteiger partial charge >= 0.3 is 17.9 Å². The molecule has 2 aliphatic heterocycles. The zero-order valence-corrected chi connectivity index (χ0v) is 12.5. The van der Waals surface area contributed by atoms with Crippen LogP contribution in [-0.2, 0) is 42.8 Å². The second-order valence-corrected chi connectivity index (χ2v) is 4.84. The van der Waals surface area contributed by atoms with Crippen molar-refractivity contribution < 1.29 is 42.8 Å². The van der Waals surface area contributed by atoms with Crippen LogP contribution in [0.1, 0.15) is 20.8 Å². The van der Waals surface area contributed by atoms with Crippen LogP contribution in [0.4, 0.5) is 0 Å². The molecule has 9 heteroatoms. The minimum atomic E-state index is -1.16. The van der Waals surface area contributed by atoms with Crippen LogP contribution in [0, 0.1) is 0 Å². The van der Waals surface area contributed by atoms with Crippen LogP contribution in [0.2, 0.25) is 0 Å². The van der Waals surface area contributed by atoms with Crippen LogP contribution in [-0.4, -0.2) is 62.0 Å². The van der Waals surface area contributed by atoms with E-state index in [1.54, 1.807) is 0 Å². The van der Waals surface area contributed by atoms with E-state index in [2.05, 4.69) is 0 Å². The lowest BCUT2D eigenvalue weighted by molar-refractivity contribution is -0.229. The lowest BCUT2D eigenvalue weighted by Crippen LogP contribution is -2.43. The highest BCUT2D eigenvalue weighted by Gasteiger charge is 2.54. The van der Waals surface area contributed by atoms with E-state index in [0.29, 0.717) is 0 Å². The number of esters is 3. The maximum atomic E-state index is 11.3. The third-order valence-corrected chi connectivity index (χ3v) is 3.02. The Labute approximate surface area is 126 Å². The third-order valence-electron chi connectivity index (χ3n) is 3.02. The van der Waals surface area contributed by atoms with Gasteiger partial charge in [0.05, 0.1) is 13.2 Å². The van der Waals surface area contributed by atoms with Gasteiger partial charge in [0, 0.05) is 20.8 Å². The highest BCUT2D eigenvalue weighted by Crippen LogP contribution is 2.32. The lowest BCUT2D eigenvalue weighted by atomic mass is 10.1. The predicted molar refractivity (Wildman–Crippen MR) is 67.2 cm³/mol. The number of fused-ring (bicyclic) bond motifs is 1. The monoisotopic (exact) mass is 318 g/mol. The molecule has 0 aromatic rings. The first-order valence-corrected chi connectivity index (χ1v) is 6.79. The normalized spacial score (nSPS) is 34.2. The van der Waals surface area contributed by atoms with E-state index >= 15 is 0 Å². The smallest absolute Gasteiger partial charge is 0.305 e. The molecular formula is C13H18O9. The molecule has 9 nitrogen and oxygen atoms in total. The molecular weight excluding hydrogens is 300 g/mol. The summed E-state index contributed by atoms with van der Waals surface area (Å²) >= 11 is 0. The molecule has 2 saturated heterocycles. The fraction of sp³-hybridized carbons (Fsp3) is 0.769. The summed E-state index contributed by atoms with van der Waals surface area (Å²) in [5, 5.41) is 0. The van der Waals surface area contributed by atoms with E-state index in [0.717, 1.165) is 0 Å². The van der Waals surface area contributed by atoms with Crippen molar-refractivity contribution in [2.45, 2.75) is 51.7 Å². The molecule has 5 atom stereocenters. The number of hydrogen-bond donors (Lipinski definition) is 0. The van der Waals surface area contributed by atoms with Gasteiger partial charge in [-0.15, -0.1) is 0 Å². The molecule has 0 aromatic carbocycles. The number of hydrogen-bond acceptors (Lipinski definition) is 9. The predicted octanol–water partition coefficient (Wildman–Crippen LogP) is -0.489. The van der Waals surface area contributed by atoms with E-state index < -0.39 is 48.8 Å². The SMILES string of the molecule is CC(=O)OC1OCCO[C@H]2[C@@H]1OC(OC(C)=O)[C@@H]2OC(C)=O. The fourth-order valence-corrected chi connectivity index (χ4v) is 2.34. The summed E-state index contributed by atoms with van der Waals surface area (Å²) in [5.41, 5.74) is 0. The Kier molecular flexibility index (Phi) is 5.33. The molecule has 0 spiro atoms. The highest BCUT2D eigenvalue weighted by atomic mass is 16.8. The van der Waals surface area contributed by atoms with Crippen LogP contribution in [0.3, 0.4) is 0 Å². The molecule has 0 saturated carbocycles.